The van der Waals surface area contributed by atoms with Crippen LogP contribution >= 0.6 is 39.1 Å². The highest BCUT2D eigenvalue weighted by atomic mass is 79.9. The van der Waals surface area contributed by atoms with Gasteiger partial charge in [-0.25, -0.2) is 13.1 Å². The maximum atomic E-state index is 12.1. The number of aromatic nitrogens is 1. The van der Waals surface area contributed by atoms with Crippen molar-refractivity contribution in [2.75, 3.05) is 4.72 Å². The number of halogens is 3. The van der Waals surface area contributed by atoms with Gasteiger partial charge in [0, 0.05) is 10.0 Å². The molecule has 19 heavy (non-hydrogen) atoms. The molecule has 5 nitrogen and oxygen atoms in total. The predicted molar refractivity (Wildman–Crippen MR) is 76.2 cm³/mol. The molecular weight excluding hydrogens is 379 g/mol. The summed E-state index contributed by atoms with van der Waals surface area (Å²) in [5.41, 5.74) is 0.529. The molecule has 0 aliphatic rings. The highest BCUT2D eigenvalue weighted by Gasteiger charge is 2.20. The lowest BCUT2D eigenvalue weighted by Gasteiger charge is -2.06. The lowest BCUT2D eigenvalue weighted by atomic mass is 10.4. The summed E-state index contributed by atoms with van der Waals surface area (Å²) in [4.78, 5) is -0.0639. The fourth-order valence-corrected chi connectivity index (χ4v) is 3.38. The molecule has 0 unspecified atom stereocenters. The Bertz CT molecular complexity index is 710. The molecule has 0 atom stereocenters. The molecule has 2 rings (SSSR count). The number of anilines is 1. The minimum atomic E-state index is -3.85. The first kappa shape index (κ1) is 14.6. The van der Waals surface area contributed by atoms with Crippen LogP contribution < -0.4 is 4.72 Å². The van der Waals surface area contributed by atoms with E-state index in [0.717, 1.165) is 0 Å². The Morgan fingerprint density at radius 2 is 1.84 bits per heavy atom. The van der Waals surface area contributed by atoms with E-state index >= 15 is 0 Å². The molecule has 0 aliphatic carbocycles. The predicted octanol–water partition coefficient (Wildman–Crippen LogP) is 3.85. The van der Waals surface area contributed by atoms with Gasteiger partial charge in [0.05, 0.1) is 10.6 Å². The van der Waals surface area contributed by atoms with Crippen LogP contribution in [0.3, 0.4) is 0 Å². The molecule has 0 radical (unpaired) electrons. The molecule has 102 valence electrons. The lowest BCUT2D eigenvalue weighted by Crippen LogP contribution is -2.12. The second-order valence-corrected chi connectivity index (χ2v) is 6.97. The first-order valence-electron chi connectivity index (χ1n) is 4.90. The van der Waals surface area contributed by atoms with Gasteiger partial charge in [0.2, 0.25) is 0 Å². The van der Waals surface area contributed by atoms with E-state index < -0.39 is 10.0 Å². The average Bonchev–Trinajstić information content (AvgIpc) is 2.59. The molecule has 0 saturated carbocycles. The maximum Gasteiger partial charge on any atom is 0.264 e. The molecule has 1 heterocycles. The van der Waals surface area contributed by atoms with Crippen LogP contribution in [0.5, 0.6) is 0 Å². The van der Waals surface area contributed by atoms with Crippen molar-refractivity contribution in [1.82, 2.24) is 5.16 Å². The Kier molecular flexibility index (Phi) is 4.10. The van der Waals surface area contributed by atoms with Gasteiger partial charge in [0.1, 0.15) is 4.47 Å². The Hall–Kier alpha value is -0.760. The van der Waals surface area contributed by atoms with E-state index in [-0.39, 0.29) is 20.8 Å². The number of nitrogens with zero attached hydrogens (tertiary/aromatic N) is 1. The summed E-state index contributed by atoms with van der Waals surface area (Å²) in [6.45, 7) is 1.67. The summed E-state index contributed by atoms with van der Waals surface area (Å²) in [7, 11) is -3.85. The molecule has 0 saturated heterocycles. The third kappa shape index (κ3) is 3.22. The number of nitrogens with one attached hydrogen (secondary N) is 1. The molecule has 0 amide bonds. The molecule has 2 aromatic rings. The van der Waals surface area contributed by atoms with E-state index in [9.17, 15) is 8.42 Å². The second-order valence-electron chi connectivity index (χ2n) is 3.62. The SMILES string of the molecule is Cc1noc(NS(=O)(=O)c2cc(Cl)cc(Cl)c2)c1Br. The highest BCUT2D eigenvalue weighted by molar-refractivity contribution is 9.10. The number of rotatable bonds is 3. The fraction of sp³-hybridized carbons (Fsp3) is 0.100. The molecule has 1 N–H and O–H groups in total. The zero-order valence-corrected chi connectivity index (χ0v) is 13.4. The van der Waals surface area contributed by atoms with Gasteiger partial charge < -0.3 is 4.52 Å². The zero-order valence-electron chi connectivity index (χ0n) is 9.45. The second kappa shape index (κ2) is 5.32. The van der Waals surface area contributed by atoms with Gasteiger partial charge in [-0.05, 0) is 41.1 Å². The smallest absolute Gasteiger partial charge is 0.264 e. The third-order valence-electron chi connectivity index (χ3n) is 2.16. The Morgan fingerprint density at radius 3 is 2.32 bits per heavy atom. The Labute approximate surface area is 128 Å². The molecule has 0 spiro atoms. The third-order valence-corrected chi connectivity index (χ3v) is 4.85. The highest BCUT2D eigenvalue weighted by Crippen LogP contribution is 2.29. The molecule has 1 aromatic carbocycles. The summed E-state index contributed by atoms with van der Waals surface area (Å²) in [5, 5.41) is 4.07. The van der Waals surface area contributed by atoms with Crippen molar-refractivity contribution >= 4 is 55.0 Å². The van der Waals surface area contributed by atoms with E-state index in [1.807, 2.05) is 0 Å². The molecular formula is C10H7BrCl2N2O3S. The van der Waals surface area contributed by atoms with Crippen LogP contribution in [0.2, 0.25) is 10.0 Å². The average molecular weight is 386 g/mol. The van der Waals surface area contributed by atoms with E-state index in [0.29, 0.717) is 10.2 Å². The van der Waals surface area contributed by atoms with Gasteiger partial charge in [-0.2, -0.15) is 0 Å². The van der Waals surface area contributed by atoms with Crippen molar-refractivity contribution in [2.45, 2.75) is 11.8 Å². The first-order valence-corrected chi connectivity index (χ1v) is 7.93. The van der Waals surface area contributed by atoms with Crippen molar-refractivity contribution in [3.05, 3.63) is 38.4 Å². The van der Waals surface area contributed by atoms with Crippen molar-refractivity contribution in [3.63, 3.8) is 0 Å². The van der Waals surface area contributed by atoms with Crippen LogP contribution in [-0.4, -0.2) is 13.6 Å². The molecule has 9 heteroatoms. The van der Waals surface area contributed by atoms with Crippen molar-refractivity contribution in [1.29, 1.82) is 0 Å². The number of hydrogen-bond donors (Lipinski definition) is 1. The standard InChI is InChI=1S/C10H7BrCl2N2O3S/c1-5-9(11)10(18-14-5)15-19(16,17)8-3-6(12)2-7(13)4-8/h2-4,15H,1H3. The van der Waals surface area contributed by atoms with Crippen molar-refractivity contribution < 1.29 is 12.9 Å². The van der Waals surface area contributed by atoms with E-state index in [2.05, 4.69) is 25.8 Å². The monoisotopic (exact) mass is 384 g/mol. The molecule has 1 aromatic heterocycles. The summed E-state index contributed by atoms with van der Waals surface area (Å²) in [6, 6.07) is 4.01. The van der Waals surface area contributed by atoms with Gasteiger partial charge in [0.25, 0.3) is 15.9 Å². The van der Waals surface area contributed by atoms with E-state index in [1.165, 1.54) is 18.2 Å². The maximum absolute atomic E-state index is 12.1. The van der Waals surface area contributed by atoms with Crippen LogP contribution in [0.4, 0.5) is 5.88 Å². The molecule has 0 bridgehead atoms. The van der Waals surface area contributed by atoms with Gasteiger partial charge in [-0.3, -0.25) is 0 Å². The minimum Gasteiger partial charge on any atom is -0.336 e. The zero-order chi connectivity index (χ0) is 14.2. The Balaban J connectivity index is 2.40. The van der Waals surface area contributed by atoms with Crippen LogP contribution in [0, 0.1) is 6.92 Å². The number of sulfonamides is 1. The summed E-state index contributed by atoms with van der Waals surface area (Å²) < 4.78 is 31.8. The largest absolute Gasteiger partial charge is 0.336 e. The minimum absolute atomic E-state index is 0.00593. The van der Waals surface area contributed by atoms with Crippen molar-refractivity contribution in [2.24, 2.45) is 0 Å². The van der Waals surface area contributed by atoms with Crippen molar-refractivity contribution in [3.8, 4) is 0 Å². The summed E-state index contributed by atoms with van der Waals surface area (Å²) in [5.74, 6) is -0.00593. The quantitative estimate of drug-likeness (QED) is 0.870. The van der Waals surface area contributed by atoms with Crippen LogP contribution in [0.25, 0.3) is 0 Å². The van der Waals surface area contributed by atoms with Gasteiger partial charge in [0.15, 0.2) is 0 Å². The molecule has 0 aliphatic heterocycles. The van der Waals surface area contributed by atoms with Crippen LogP contribution in [-0.2, 0) is 10.0 Å². The summed E-state index contributed by atoms with van der Waals surface area (Å²) >= 11 is 14.7. The number of benzene rings is 1. The van der Waals surface area contributed by atoms with E-state index in [1.54, 1.807) is 6.92 Å². The fourth-order valence-electron chi connectivity index (χ4n) is 1.29. The summed E-state index contributed by atoms with van der Waals surface area (Å²) in [6.07, 6.45) is 0. The van der Waals surface area contributed by atoms with Gasteiger partial charge in [-0.1, -0.05) is 28.4 Å². The van der Waals surface area contributed by atoms with Crippen LogP contribution in [0.15, 0.2) is 32.1 Å². The topological polar surface area (TPSA) is 72.2 Å². The number of hydrogen-bond acceptors (Lipinski definition) is 4. The Morgan fingerprint density at radius 1 is 1.26 bits per heavy atom. The van der Waals surface area contributed by atoms with Gasteiger partial charge >= 0.3 is 0 Å². The first-order chi connectivity index (χ1) is 8.79. The van der Waals surface area contributed by atoms with Crippen LogP contribution in [0.1, 0.15) is 5.69 Å². The van der Waals surface area contributed by atoms with E-state index in [4.69, 9.17) is 27.7 Å². The molecule has 0 fully saturated rings. The lowest BCUT2D eigenvalue weighted by molar-refractivity contribution is 0.430. The van der Waals surface area contributed by atoms with Gasteiger partial charge in [-0.15, -0.1) is 0 Å². The number of aryl methyl sites for hydroxylation is 1. The normalized spacial score (nSPS) is 11.6.